The molecule has 0 amide bonds. The van der Waals surface area contributed by atoms with Crippen LogP contribution in [0.15, 0.2) is 12.3 Å². The standard InChI is InChI=1S/C15H27N3/c1-12(2)18-10-9-14(17-18)11-15(16-3)13-7-5-4-6-8-13/h9-10,12-13,15-16H,4-8,11H2,1-3H3. The second-order valence-corrected chi connectivity index (χ2v) is 5.88. The van der Waals surface area contributed by atoms with Gasteiger partial charge in [-0.25, -0.2) is 0 Å². The van der Waals surface area contributed by atoms with Gasteiger partial charge in [0.25, 0.3) is 0 Å². The van der Waals surface area contributed by atoms with E-state index in [9.17, 15) is 0 Å². The zero-order valence-electron chi connectivity index (χ0n) is 12.0. The van der Waals surface area contributed by atoms with Crippen molar-refractivity contribution < 1.29 is 0 Å². The number of aromatic nitrogens is 2. The van der Waals surface area contributed by atoms with Crippen molar-refractivity contribution in [3.63, 3.8) is 0 Å². The summed E-state index contributed by atoms with van der Waals surface area (Å²) in [5.41, 5.74) is 1.23. The quantitative estimate of drug-likeness (QED) is 0.868. The van der Waals surface area contributed by atoms with Crippen LogP contribution in [0.2, 0.25) is 0 Å². The van der Waals surface area contributed by atoms with E-state index in [0.717, 1.165) is 12.3 Å². The predicted molar refractivity (Wildman–Crippen MR) is 75.7 cm³/mol. The lowest BCUT2D eigenvalue weighted by Gasteiger charge is -2.29. The average Bonchev–Trinajstić information content (AvgIpc) is 2.86. The van der Waals surface area contributed by atoms with Crippen molar-refractivity contribution in [1.29, 1.82) is 0 Å². The molecule has 1 aliphatic carbocycles. The Morgan fingerprint density at radius 3 is 2.61 bits per heavy atom. The smallest absolute Gasteiger partial charge is 0.0640 e. The van der Waals surface area contributed by atoms with Crippen LogP contribution < -0.4 is 5.32 Å². The second-order valence-electron chi connectivity index (χ2n) is 5.88. The molecule has 1 atom stereocenters. The largest absolute Gasteiger partial charge is 0.316 e. The molecule has 1 fully saturated rings. The third kappa shape index (κ3) is 3.35. The van der Waals surface area contributed by atoms with Gasteiger partial charge in [-0.3, -0.25) is 4.68 Å². The number of rotatable bonds is 5. The van der Waals surface area contributed by atoms with Crippen LogP contribution in [0.1, 0.15) is 57.7 Å². The Morgan fingerprint density at radius 2 is 2.06 bits per heavy atom. The predicted octanol–water partition coefficient (Wildman–Crippen LogP) is 3.17. The fourth-order valence-electron chi connectivity index (χ4n) is 3.04. The zero-order chi connectivity index (χ0) is 13.0. The van der Waals surface area contributed by atoms with Gasteiger partial charge in [0.05, 0.1) is 5.69 Å². The molecule has 0 aromatic carbocycles. The molecule has 0 aliphatic heterocycles. The van der Waals surface area contributed by atoms with E-state index in [1.165, 1.54) is 37.8 Å². The van der Waals surface area contributed by atoms with Crippen LogP contribution in [0.3, 0.4) is 0 Å². The highest BCUT2D eigenvalue weighted by molar-refractivity contribution is 5.03. The molecule has 0 saturated heterocycles. The van der Waals surface area contributed by atoms with Crippen LogP contribution in [-0.2, 0) is 6.42 Å². The normalized spacial score (nSPS) is 19.3. The summed E-state index contributed by atoms with van der Waals surface area (Å²) in [5.74, 6) is 0.841. The molecule has 1 aromatic heterocycles. The third-order valence-corrected chi connectivity index (χ3v) is 4.21. The van der Waals surface area contributed by atoms with Gasteiger partial charge < -0.3 is 5.32 Å². The highest BCUT2D eigenvalue weighted by Gasteiger charge is 2.23. The van der Waals surface area contributed by atoms with Crippen LogP contribution in [0, 0.1) is 5.92 Å². The van der Waals surface area contributed by atoms with Crippen molar-refractivity contribution in [1.82, 2.24) is 15.1 Å². The molecule has 102 valence electrons. The van der Waals surface area contributed by atoms with Crippen molar-refractivity contribution >= 4 is 0 Å². The van der Waals surface area contributed by atoms with E-state index in [4.69, 9.17) is 0 Å². The highest BCUT2D eigenvalue weighted by atomic mass is 15.3. The lowest BCUT2D eigenvalue weighted by atomic mass is 9.82. The Morgan fingerprint density at radius 1 is 1.33 bits per heavy atom. The SMILES string of the molecule is CNC(Cc1ccn(C(C)C)n1)C1CCCCC1. The Bertz CT molecular complexity index is 350. The van der Waals surface area contributed by atoms with E-state index in [-0.39, 0.29) is 0 Å². The lowest BCUT2D eigenvalue weighted by molar-refractivity contribution is 0.275. The van der Waals surface area contributed by atoms with E-state index in [1.807, 2.05) is 0 Å². The van der Waals surface area contributed by atoms with Gasteiger partial charge in [0.2, 0.25) is 0 Å². The second kappa shape index (κ2) is 6.37. The number of nitrogens with one attached hydrogen (secondary N) is 1. The topological polar surface area (TPSA) is 29.9 Å². The molecule has 1 heterocycles. The number of hydrogen-bond acceptors (Lipinski definition) is 2. The lowest BCUT2D eigenvalue weighted by Crippen LogP contribution is -2.36. The van der Waals surface area contributed by atoms with Crippen molar-refractivity contribution in [3.05, 3.63) is 18.0 Å². The van der Waals surface area contributed by atoms with Gasteiger partial charge in [0.15, 0.2) is 0 Å². The van der Waals surface area contributed by atoms with Gasteiger partial charge in [-0.15, -0.1) is 0 Å². The fourth-order valence-corrected chi connectivity index (χ4v) is 3.04. The summed E-state index contributed by atoms with van der Waals surface area (Å²) in [6.45, 7) is 4.35. The summed E-state index contributed by atoms with van der Waals surface area (Å²) in [6, 6.07) is 3.23. The van der Waals surface area contributed by atoms with Crippen molar-refractivity contribution in [3.8, 4) is 0 Å². The first-order chi connectivity index (χ1) is 8.70. The Balaban J connectivity index is 1.95. The number of nitrogens with zero attached hydrogens (tertiary/aromatic N) is 2. The summed E-state index contributed by atoms with van der Waals surface area (Å²) in [5, 5.41) is 8.18. The van der Waals surface area contributed by atoms with Gasteiger partial charge in [0.1, 0.15) is 0 Å². The Hall–Kier alpha value is -0.830. The van der Waals surface area contributed by atoms with Crippen LogP contribution in [-0.4, -0.2) is 22.9 Å². The first kappa shape index (κ1) is 13.6. The number of likely N-dealkylation sites (N-methyl/N-ethyl adjacent to an activating group) is 1. The summed E-state index contributed by atoms with van der Waals surface area (Å²) in [7, 11) is 2.10. The average molecular weight is 249 g/mol. The van der Waals surface area contributed by atoms with Crippen LogP contribution in [0.25, 0.3) is 0 Å². The van der Waals surface area contributed by atoms with Crippen LogP contribution in [0.5, 0.6) is 0 Å². The van der Waals surface area contributed by atoms with Gasteiger partial charge in [0, 0.05) is 24.7 Å². The monoisotopic (exact) mass is 249 g/mol. The van der Waals surface area contributed by atoms with Crippen molar-refractivity contribution in [2.75, 3.05) is 7.05 Å². The van der Waals surface area contributed by atoms with E-state index in [2.05, 4.69) is 48.3 Å². The number of hydrogen-bond donors (Lipinski definition) is 1. The van der Waals surface area contributed by atoms with E-state index < -0.39 is 0 Å². The van der Waals surface area contributed by atoms with Gasteiger partial charge in [-0.05, 0) is 45.7 Å². The summed E-state index contributed by atoms with van der Waals surface area (Å²) in [6.07, 6.45) is 10.2. The first-order valence-electron chi connectivity index (χ1n) is 7.42. The van der Waals surface area contributed by atoms with E-state index >= 15 is 0 Å². The molecule has 1 unspecified atom stereocenters. The van der Waals surface area contributed by atoms with Gasteiger partial charge in [-0.1, -0.05) is 19.3 Å². The van der Waals surface area contributed by atoms with Crippen molar-refractivity contribution in [2.45, 2.75) is 64.5 Å². The van der Waals surface area contributed by atoms with E-state index in [0.29, 0.717) is 12.1 Å². The molecule has 1 N–H and O–H groups in total. The molecule has 3 nitrogen and oxygen atoms in total. The maximum atomic E-state index is 4.67. The Labute approximate surface area is 111 Å². The molecule has 0 bridgehead atoms. The maximum absolute atomic E-state index is 4.67. The van der Waals surface area contributed by atoms with E-state index in [1.54, 1.807) is 0 Å². The molecule has 0 radical (unpaired) electrons. The molecule has 0 spiro atoms. The van der Waals surface area contributed by atoms with Gasteiger partial charge >= 0.3 is 0 Å². The molecule has 2 rings (SSSR count). The minimum Gasteiger partial charge on any atom is -0.316 e. The van der Waals surface area contributed by atoms with Crippen LogP contribution >= 0.6 is 0 Å². The summed E-state index contributed by atoms with van der Waals surface area (Å²) < 4.78 is 2.06. The molecule has 1 aromatic rings. The molecule has 1 aliphatic rings. The molecule has 18 heavy (non-hydrogen) atoms. The molecular formula is C15H27N3. The fraction of sp³-hybridized carbons (Fsp3) is 0.800. The zero-order valence-corrected chi connectivity index (χ0v) is 12.0. The van der Waals surface area contributed by atoms with Gasteiger partial charge in [-0.2, -0.15) is 5.10 Å². The minimum atomic E-state index is 0.460. The molecule has 3 heteroatoms. The summed E-state index contributed by atoms with van der Waals surface area (Å²) in [4.78, 5) is 0. The highest BCUT2D eigenvalue weighted by Crippen LogP contribution is 2.27. The van der Waals surface area contributed by atoms with Crippen molar-refractivity contribution in [2.24, 2.45) is 5.92 Å². The first-order valence-corrected chi connectivity index (χ1v) is 7.42. The van der Waals surface area contributed by atoms with Crippen LogP contribution in [0.4, 0.5) is 0 Å². The molecule has 1 saturated carbocycles. The maximum Gasteiger partial charge on any atom is 0.0640 e. The minimum absolute atomic E-state index is 0.460. The Kier molecular flexibility index (Phi) is 4.81. The molecular weight excluding hydrogens is 222 g/mol. The summed E-state index contributed by atoms with van der Waals surface area (Å²) >= 11 is 0. The third-order valence-electron chi connectivity index (χ3n) is 4.21.